The third kappa shape index (κ3) is 5.31. The van der Waals surface area contributed by atoms with Gasteiger partial charge < -0.3 is 9.80 Å². The molecule has 0 atom stereocenters. The average Bonchev–Trinajstić information content (AvgIpc) is 3.42. The molecular formula is C21H25N7OS. The van der Waals surface area contributed by atoms with Crippen molar-refractivity contribution in [1.82, 2.24) is 19.7 Å². The maximum Gasteiger partial charge on any atom is 0.233 e. The summed E-state index contributed by atoms with van der Waals surface area (Å²) in [7, 11) is 0. The second kappa shape index (κ2) is 10.7. The minimum Gasteiger partial charge on any atom is -0.341 e. The van der Waals surface area contributed by atoms with Gasteiger partial charge in [-0.2, -0.15) is 10.5 Å². The maximum absolute atomic E-state index is 12.7. The highest BCUT2D eigenvalue weighted by molar-refractivity contribution is 7.99. The molecule has 156 valence electrons. The molecule has 9 heteroatoms. The summed E-state index contributed by atoms with van der Waals surface area (Å²) in [6.07, 6.45) is 2.77. The third-order valence-corrected chi connectivity index (χ3v) is 5.88. The number of carbonyl (C=O) groups excluding carboxylic acids is 1. The van der Waals surface area contributed by atoms with Crippen molar-refractivity contribution in [1.29, 1.82) is 10.5 Å². The van der Waals surface area contributed by atoms with Crippen molar-refractivity contribution in [3.63, 3.8) is 0 Å². The van der Waals surface area contributed by atoms with E-state index < -0.39 is 0 Å². The van der Waals surface area contributed by atoms with Crippen molar-refractivity contribution in [2.75, 3.05) is 36.8 Å². The number of aromatic nitrogens is 3. The van der Waals surface area contributed by atoms with E-state index >= 15 is 0 Å². The second-order valence-electron chi connectivity index (χ2n) is 7.13. The first-order chi connectivity index (χ1) is 14.6. The molecule has 0 bridgehead atoms. The molecule has 2 aromatic rings. The van der Waals surface area contributed by atoms with E-state index in [0.29, 0.717) is 18.2 Å². The van der Waals surface area contributed by atoms with Crippen LogP contribution in [0.2, 0.25) is 0 Å². The van der Waals surface area contributed by atoms with Gasteiger partial charge >= 0.3 is 0 Å². The van der Waals surface area contributed by atoms with Crippen molar-refractivity contribution in [2.24, 2.45) is 0 Å². The van der Waals surface area contributed by atoms with Gasteiger partial charge in [0.15, 0.2) is 5.16 Å². The Morgan fingerprint density at radius 2 is 1.73 bits per heavy atom. The molecule has 1 fully saturated rings. The van der Waals surface area contributed by atoms with Crippen LogP contribution in [0, 0.1) is 29.6 Å². The van der Waals surface area contributed by atoms with Gasteiger partial charge in [-0.25, -0.2) is 0 Å². The Labute approximate surface area is 181 Å². The van der Waals surface area contributed by atoms with Gasteiger partial charge in [0.25, 0.3) is 0 Å². The van der Waals surface area contributed by atoms with Crippen LogP contribution in [0.1, 0.15) is 31.2 Å². The van der Waals surface area contributed by atoms with E-state index in [-0.39, 0.29) is 24.5 Å². The number of anilines is 1. The fourth-order valence-corrected chi connectivity index (χ4v) is 4.20. The zero-order valence-corrected chi connectivity index (χ0v) is 17.9. The van der Waals surface area contributed by atoms with Crippen molar-refractivity contribution in [2.45, 2.75) is 37.8 Å². The summed E-state index contributed by atoms with van der Waals surface area (Å²) in [6.45, 7) is 4.61. The SMILES string of the molecule is Cc1ccc(-n2c(SCC(=O)N(CCC#N)CCC#N)nnc2N2CCCC2)cc1. The summed E-state index contributed by atoms with van der Waals surface area (Å²) in [6, 6.07) is 12.3. The van der Waals surface area contributed by atoms with Crippen LogP contribution in [0.15, 0.2) is 29.4 Å². The van der Waals surface area contributed by atoms with Crippen LogP contribution in [0.4, 0.5) is 5.95 Å². The van der Waals surface area contributed by atoms with Gasteiger partial charge in [0.05, 0.1) is 36.4 Å². The zero-order chi connectivity index (χ0) is 21.3. The molecule has 0 radical (unpaired) electrons. The normalized spacial score (nSPS) is 13.1. The highest BCUT2D eigenvalue weighted by Gasteiger charge is 2.23. The summed E-state index contributed by atoms with van der Waals surface area (Å²) in [5.74, 6) is 0.879. The number of hydrogen-bond donors (Lipinski definition) is 0. The number of benzene rings is 1. The van der Waals surface area contributed by atoms with Crippen molar-refractivity contribution in [3.8, 4) is 17.8 Å². The van der Waals surface area contributed by atoms with Gasteiger partial charge in [-0.3, -0.25) is 9.36 Å². The standard InChI is InChI=1S/C21H25N7OS/c1-17-6-8-18(9-7-17)28-20(27-12-2-3-13-27)24-25-21(28)30-16-19(29)26(14-4-10-22)15-5-11-23/h6-9H,2-5,12-16H2,1H3. The van der Waals surface area contributed by atoms with E-state index in [2.05, 4.69) is 27.2 Å². The van der Waals surface area contributed by atoms with Crippen LogP contribution in [-0.4, -0.2) is 57.5 Å². The highest BCUT2D eigenvalue weighted by atomic mass is 32.2. The largest absolute Gasteiger partial charge is 0.341 e. The van der Waals surface area contributed by atoms with Gasteiger partial charge in [-0.1, -0.05) is 29.5 Å². The molecule has 1 aliphatic heterocycles. The fraction of sp³-hybridized carbons (Fsp3) is 0.476. The van der Waals surface area contributed by atoms with Gasteiger partial charge in [0.2, 0.25) is 11.9 Å². The molecule has 3 rings (SSSR count). The van der Waals surface area contributed by atoms with E-state index in [1.807, 2.05) is 35.8 Å². The first-order valence-electron chi connectivity index (χ1n) is 10.1. The Hall–Kier alpha value is -3.04. The zero-order valence-electron chi connectivity index (χ0n) is 17.1. The minimum absolute atomic E-state index is 0.105. The molecule has 8 nitrogen and oxygen atoms in total. The predicted octanol–water partition coefficient (Wildman–Crippen LogP) is 2.92. The third-order valence-electron chi connectivity index (χ3n) is 4.96. The summed E-state index contributed by atoms with van der Waals surface area (Å²) in [5.41, 5.74) is 2.14. The number of nitriles is 2. The lowest BCUT2D eigenvalue weighted by atomic mass is 10.2. The Bertz CT molecular complexity index is 918. The molecule has 0 saturated carbocycles. The number of hydrogen-bond acceptors (Lipinski definition) is 7. The molecule has 1 saturated heterocycles. The molecule has 2 heterocycles. The Morgan fingerprint density at radius 3 is 2.33 bits per heavy atom. The second-order valence-corrected chi connectivity index (χ2v) is 8.08. The van der Waals surface area contributed by atoms with E-state index in [1.54, 1.807) is 4.90 Å². The van der Waals surface area contributed by atoms with Gasteiger partial charge in [0.1, 0.15) is 0 Å². The van der Waals surface area contributed by atoms with Crippen LogP contribution in [0.3, 0.4) is 0 Å². The van der Waals surface area contributed by atoms with Gasteiger partial charge in [-0.15, -0.1) is 10.2 Å². The molecule has 1 amide bonds. The smallest absolute Gasteiger partial charge is 0.233 e. The first-order valence-corrected chi connectivity index (χ1v) is 11.0. The van der Waals surface area contributed by atoms with E-state index in [0.717, 1.165) is 37.6 Å². The average molecular weight is 424 g/mol. The summed E-state index contributed by atoms with van der Waals surface area (Å²) < 4.78 is 2.01. The lowest BCUT2D eigenvalue weighted by Crippen LogP contribution is -2.34. The molecule has 1 aromatic heterocycles. The molecule has 1 aliphatic rings. The lowest BCUT2D eigenvalue weighted by molar-refractivity contribution is -0.128. The number of aryl methyl sites for hydroxylation is 1. The van der Waals surface area contributed by atoms with Crippen LogP contribution in [0.25, 0.3) is 5.69 Å². The number of rotatable bonds is 9. The molecule has 0 spiro atoms. The topological polar surface area (TPSA) is 102 Å². The summed E-state index contributed by atoms with van der Waals surface area (Å²) >= 11 is 1.33. The molecule has 0 unspecified atom stereocenters. The number of amides is 1. The Morgan fingerprint density at radius 1 is 1.10 bits per heavy atom. The van der Waals surface area contributed by atoms with Gasteiger partial charge in [0, 0.05) is 26.2 Å². The van der Waals surface area contributed by atoms with Crippen molar-refractivity contribution < 1.29 is 4.79 Å². The van der Waals surface area contributed by atoms with Gasteiger partial charge in [-0.05, 0) is 31.9 Å². The monoisotopic (exact) mass is 423 g/mol. The Balaban J connectivity index is 1.79. The van der Waals surface area contributed by atoms with Crippen molar-refractivity contribution >= 4 is 23.6 Å². The molecule has 30 heavy (non-hydrogen) atoms. The highest BCUT2D eigenvalue weighted by Crippen LogP contribution is 2.29. The van der Waals surface area contributed by atoms with E-state index in [9.17, 15) is 4.79 Å². The van der Waals surface area contributed by atoms with E-state index in [1.165, 1.54) is 17.3 Å². The first kappa shape index (κ1) is 21.7. The lowest BCUT2D eigenvalue weighted by Gasteiger charge is -2.20. The van der Waals surface area contributed by atoms with Crippen LogP contribution in [-0.2, 0) is 4.79 Å². The molecule has 0 aliphatic carbocycles. The van der Waals surface area contributed by atoms with Crippen molar-refractivity contribution in [3.05, 3.63) is 29.8 Å². The number of thioether (sulfide) groups is 1. The van der Waals surface area contributed by atoms with Crippen LogP contribution < -0.4 is 4.90 Å². The molecular weight excluding hydrogens is 398 g/mol. The van der Waals surface area contributed by atoms with Crippen LogP contribution >= 0.6 is 11.8 Å². The number of nitrogens with zero attached hydrogens (tertiary/aromatic N) is 7. The summed E-state index contributed by atoms with van der Waals surface area (Å²) in [5, 5.41) is 27.1. The Kier molecular flexibility index (Phi) is 7.69. The molecule has 0 N–H and O–H groups in total. The van der Waals surface area contributed by atoms with Crippen LogP contribution in [0.5, 0.6) is 0 Å². The fourth-order valence-electron chi connectivity index (χ4n) is 3.35. The minimum atomic E-state index is -0.105. The maximum atomic E-state index is 12.7. The summed E-state index contributed by atoms with van der Waals surface area (Å²) in [4.78, 5) is 16.5. The number of carbonyl (C=O) groups is 1. The predicted molar refractivity (Wildman–Crippen MR) is 115 cm³/mol. The van der Waals surface area contributed by atoms with E-state index in [4.69, 9.17) is 10.5 Å². The molecule has 1 aromatic carbocycles. The quantitative estimate of drug-likeness (QED) is 0.571.